The summed E-state index contributed by atoms with van der Waals surface area (Å²) in [5.74, 6) is -3.75. The molecule has 14 nitrogen and oxygen atoms in total. The van der Waals surface area contributed by atoms with Gasteiger partial charge in [0.05, 0.1) is 31.0 Å². The van der Waals surface area contributed by atoms with Gasteiger partial charge in [0.2, 0.25) is 23.5 Å². The first-order valence-corrected chi connectivity index (χ1v) is 17.6. The van der Waals surface area contributed by atoms with Gasteiger partial charge in [-0.1, -0.05) is 53.4 Å². The van der Waals surface area contributed by atoms with Crippen molar-refractivity contribution in [1.29, 1.82) is 0 Å². The predicted molar refractivity (Wildman–Crippen MR) is 180 cm³/mol. The molecule has 0 bridgehead atoms. The first-order valence-electron chi connectivity index (χ1n) is 17.6. The largest absolute Gasteiger partial charge is 0.371 e. The Morgan fingerprint density at radius 1 is 0.980 bits per heavy atom. The van der Waals surface area contributed by atoms with Crippen molar-refractivity contribution in [2.24, 2.45) is 11.3 Å². The third-order valence-corrected chi connectivity index (χ3v) is 9.38. The molecule has 0 aromatic carbocycles. The topological polar surface area (TPSA) is 189 Å². The van der Waals surface area contributed by atoms with Crippen LogP contribution in [0.15, 0.2) is 18.6 Å². The quantitative estimate of drug-likeness (QED) is 0.225. The molecule has 4 rings (SSSR count). The Balaban J connectivity index is 1.56. The van der Waals surface area contributed by atoms with E-state index in [4.69, 9.17) is 4.74 Å². The summed E-state index contributed by atoms with van der Waals surface area (Å²) < 4.78 is 5.97. The van der Waals surface area contributed by atoms with Crippen LogP contribution in [-0.2, 0) is 28.7 Å². The van der Waals surface area contributed by atoms with Crippen LogP contribution >= 0.6 is 0 Å². The van der Waals surface area contributed by atoms with Crippen LogP contribution in [0.4, 0.5) is 0 Å². The van der Waals surface area contributed by atoms with Crippen molar-refractivity contribution < 1.29 is 33.5 Å². The number of hydrogen-bond donors (Lipinski definition) is 4. The molecule has 14 heteroatoms. The van der Waals surface area contributed by atoms with Crippen molar-refractivity contribution in [2.75, 3.05) is 13.2 Å². The van der Waals surface area contributed by atoms with E-state index in [-0.39, 0.29) is 37.2 Å². The van der Waals surface area contributed by atoms with Gasteiger partial charge in [0.1, 0.15) is 23.8 Å². The normalized spacial score (nSPS) is 21.4. The van der Waals surface area contributed by atoms with Gasteiger partial charge in [0.25, 0.3) is 11.8 Å². The lowest BCUT2D eigenvalue weighted by atomic mass is 9.82. The summed E-state index contributed by atoms with van der Waals surface area (Å²) in [5.41, 5.74) is -1.53. The van der Waals surface area contributed by atoms with Gasteiger partial charge >= 0.3 is 0 Å². The van der Waals surface area contributed by atoms with E-state index < -0.39 is 70.5 Å². The van der Waals surface area contributed by atoms with E-state index in [0.29, 0.717) is 6.42 Å². The first-order chi connectivity index (χ1) is 23.1. The van der Waals surface area contributed by atoms with Crippen molar-refractivity contribution in [2.45, 2.75) is 135 Å². The van der Waals surface area contributed by atoms with E-state index in [9.17, 15) is 28.8 Å². The molecule has 270 valence electrons. The first kappa shape index (κ1) is 37.9. The monoisotopic (exact) mass is 683 g/mol. The molecule has 0 unspecified atom stereocenters. The van der Waals surface area contributed by atoms with E-state index in [1.165, 1.54) is 23.5 Å². The molecule has 1 aromatic rings. The average molecular weight is 684 g/mol. The lowest BCUT2D eigenvalue weighted by Crippen LogP contribution is -2.67. The lowest BCUT2D eigenvalue weighted by Gasteiger charge is -2.46. The van der Waals surface area contributed by atoms with Crippen molar-refractivity contribution >= 4 is 35.3 Å². The number of nitrogens with zero attached hydrogens (tertiary/aromatic N) is 3. The van der Waals surface area contributed by atoms with Crippen LogP contribution in [0.1, 0.15) is 110 Å². The number of rotatable bonds is 13. The maximum atomic E-state index is 14.5. The molecular weight excluding hydrogens is 630 g/mol. The van der Waals surface area contributed by atoms with Crippen LogP contribution in [0.5, 0.6) is 0 Å². The van der Waals surface area contributed by atoms with Crippen molar-refractivity contribution in [1.82, 2.24) is 36.1 Å². The zero-order chi connectivity index (χ0) is 35.9. The van der Waals surface area contributed by atoms with Crippen LogP contribution in [0.3, 0.4) is 0 Å². The number of hydrogen-bond acceptors (Lipinski definition) is 9. The van der Waals surface area contributed by atoms with Crippen LogP contribution < -0.4 is 21.3 Å². The van der Waals surface area contributed by atoms with E-state index in [0.717, 1.165) is 44.9 Å². The molecule has 49 heavy (non-hydrogen) atoms. The molecule has 2 aliphatic carbocycles. The van der Waals surface area contributed by atoms with Gasteiger partial charge in [-0.3, -0.25) is 33.8 Å². The fraction of sp³-hybridized carbons (Fsp3) is 0.714. The second-order valence-electron chi connectivity index (χ2n) is 15.3. The molecule has 1 saturated heterocycles. The summed E-state index contributed by atoms with van der Waals surface area (Å²) in [5, 5.41) is 11.2. The minimum Gasteiger partial charge on any atom is -0.371 e. The highest BCUT2D eigenvalue weighted by Gasteiger charge is 2.47. The van der Waals surface area contributed by atoms with E-state index in [2.05, 4.69) is 31.2 Å². The Morgan fingerprint density at radius 3 is 2.27 bits per heavy atom. The number of aromatic nitrogens is 2. The Bertz CT molecular complexity index is 1370. The highest BCUT2D eigenvalue weighted by Crippen LogP contribution is 2.30. The Labute approximate surface area is 288 Å². The summed E-state index contributed by atoms with van der Waals surface area (Å²) in [7, 11) is 0. The van der Waals surface area contributed by atoms with Crippen LogP contribution in [0.25, 0.3) is 0 Å². The Morgan fingerprint density at radius 2 is 1.67 bits per heavy atom. The molecule has 1 aromatic heterocycles. The fourth-order valence-electron chi connectivity index (χ4n) is 6.42. The third kappa shape index (κ3) is 10.3. The molecule has 4 atom stereocenters. The minimum atomic E-state index is -1.12. The Hall–Kier alpha value is -3.94. The zero-order valence-electron chi connectivity index (χ0n) is 29.7. The summed E-state index contributed by atoms with van der Waals surface area (Å²) in [4.78, 5) is 90.7. The molecule has 3 fully saturated rings. The van der Waals surface area contributed by atoms with Gasteiger partial charge in [-0.25, -0.2) is 4.98 Å². The van der Waals surface area contributed by atoms with Crippen LogP contribution in [0.2, 0.25) is 0 Å². The number of nitrogens with one attached hydrogen (secondary N) is 4. The van der Waals surface area contributed by atoms with Crippen molar-refractivity contribution in [3.8, 4) is 0 Å². The number of amides is 5. The Kier molecular flexibility index (Phi) is 12.5. The molecule has 2 heterocycles. The van der Waals surface area contributed by atoms with Gasteiger partial charge in [-0.2, -0.15) is 0 Å². The maximum Gasteiger partial charge on any atom is 0.289 e. The van der Waals surface area contributed by atoms with Gasteiger partial charge in [-0.05, 0) is 57.3 Å². The molecule has 4 N–H and O–H groups in total. The average Bonchev–Trinajstić information content (AvgIpc) is 3.88. The maximum absolute atomic E-state index is 14.5. The number of morpholine rings is 1. The lowest BCUT2D eigenvalue weighted by molar-refractivity contribution is -0.167. The van der Waals surface area contributed by atoms with Crippen molar-refractivity contribution in [3.63, 3.8) is 0 Å². The van der Waals surface area contributed by atoms with Crippen molar-refractivity contribution in [3.05, 3.63) is 24.3 Å². The van der Waals surface area contributed by atoms with Crippen LogP contribution in [0, 0.1) is 11.3 Å². The van der Waals surface area contributed by atoms with Crippen LogP contribution in [-0.4, -0.2) is 99.1 Å². The van der Waals surface area contributed by atoms with Gasteiger partial charge in [-0.15, -0.1) is 0 Å². The molecule has 5 amide bonds. The fourth-order valence-corrected chi connectivity index (χ4v) is 6.42. The molecule has 0 spiro atoms. The number of carbonyl (C=O) groups excluding carboxylic acids is 6. The third-order valence-electron chi connectivity index (χ3n) is 9.38. The summed E-state index contributed by atoms with van der Waals surface area (Å²) in [6, 6.07) is -4.20. The highest BCUT2D eigenvalue weighted by atomic mass is 16.5. The van der Waals surface area contributed by atoms with Gasteiger partial charge in [0.15, 0.2) is 0 Å². The number of Topliss-reactive ketones (excluding diaryl/α,β-unsaturated/α-hetero) is 1. The van der Waals surface area contributed by atoms with E-state index in [1.54, 1.807) is 13.8 Å². The van der Waals surface area contributed by atoms with E-state index in [1.807, 2.05) is 27.7 Å². The van der Waals surface area contributed by atoms with Gasteiger partial charge < -0.3 is 30.9 Å². The summed E-state index contributed by atoms with van der Waals surface area (Å²) in [6.45, 7) is 10.8. The molecular formula is C35H53N7O7. The second-order valence-corrected chi connectivity index (χ2v) is 15.3. The smallest absolute Gasteiger partial charge is 0.289 e. The second kappa shape index (κ2) is 16.2. The zero-order valence-corrected chi connectivity index (χ0v) is 29.7. The molecule has 1 aliphatic heterocycles. The predicted octanol–water partition coefficient (Wildman–Crippen LogP) is 1.82. The molecule has 0 radical (unpaired) electrons. The molecule has 2 saturated carbocycles. The number of ketones is 1. The SMILES string of the molecule is CCC[C@H](NC(=O)[C@@H]1COC(C)(C)CN1C(=O)[C@@H](NC(=O)[C@@H](NC(=O)c1cnccn1)C1CCCCC1)C(C)(C)C)C(=O)C(=O)NC1CC1. The summed E-state index contributed by atoms with van der Waals surface area (Å²) in [6.07, 6.45) is 11.0. The standard InChI is InChI=1S/C35H53N7O7/c1-7-11-23(27(43)32(47)38-22-14-15-22)39-30(45)25-19-49-35(5,6)20-42(25)33(48)28(34(2,3)4)41-31(46)26(21-12-9-8-10-13-21)40-29(44)24-18-36-16-17-37-24/h16-18,21-23,25-26,28H,7-15,19-20H2,1-6H3,(H,38,47)(H,39,45)(H,40,44)(H,41,46)/t23-,25-,26-,28+/m0/s1. The number of carbonyl (C=O) groups is 6. The van der Waals surface area contributed by atoms with Gasteiger partial charge in [0, 0.05) is 18.4 Å². The molecule has 3 aliphatic rings. The minimum absolute atomic E-state index is 0.0147. The van der Waals surface area contributed by atoms with E-state index >= 15 is 0 Å². The summed E-state index contributed by atoms with van der Waals surface area (Å²) >= 11 is 0. The highest BCUT2D eigenvalue weighted by molar-refractivity contribution is 6.38. The number of ether oxygens (including phenoxy) is 1.